The summed E-state index contributed by atoms with van der Waals surface area (Å²) >= 11 is 1.54. The highest BCUT2D eigenvalue weighted by molar-refractivity contribution is 7.21. The fourth-order valence-electron chi connectivity index (χ4n) is 1.79. The van der Waals surface area contributed by atoms with E-state index < -0.39 is 0 Å². The maximum atomic E-state index is 13.5. The number of benzene rings is 2. The molecule has 0 fully saturated rings. The first kappa shape index (κ1) is 11.2. The van der Waals surface area contributed by atoms with Crippen LogP contribution in [0.5, 0.6) is 0 Å². The van der Waals surface area contributed by atoms with Gasteiger partial charge in [-0.15, -0.1) is 11.3 Å². The van der Waals surface area contributed by atoms with Crippen LogP contribution in [0.15, 0.2) is 36.4 Å². The molecule has 0 atom stereocenters. The van der Waals surface area contributed by atoms with E-state index in [1.165, 1.54) is 6.07 Å². The number of rotatable bonds is 1. The van der Waals surface area contributed by atoms with Crippen molar-refractivity contribution in [1.29, 1.82) is 0 Å². The normalized spacial score (nSPS) is 11.0. The Bertz CT molecular complexity index is 734. The minimum atomic E-state index is -0.203. The summed E-state index contributed by atoms with van der Waals surface area (Å²) in [6.45, 7) is 1.75. The summed E-state index contributed by atoms with van der Waals surface area (Å²) in [5, 5.41) is 0.814. The van der Waals surface area contributed by atoms with Crippen molar-refractivity contribution in [3.05, 3.63) is 47.8 Å². The molecule has 1 aromatic heterocycles. The Morgan fingerprint density at radius 2 is 2.00 bits per heavy atom. The van der Waals surface area contributed by atoms with Gasteiger partial charge in [0.05, 0.1) is 10.2 Å². The van der Waals surface area contributed by atoms with Gasteiger partial charge in [0.15, 0.2) is 0 Å². The Kier molecular flexibility index (Phi) is 2.52. The highest BCUT2D eigenvalue weighted by Crippen LogP contribution is 2.31. The molecule has 2 N–H and O–H groups in total. The molecule has 0 unspecified atom stereocenters. The summed E-state index contributed by atoms with van der Waals surface area (Å²) in [6, 6.07) is 10.8. The Morgan fingerprint density at radius 3 is 2.78 bits per heavy atom. The van der Waals surface area contributed by atoms with Gasteiger partial charge in [-0.3, -0.25) is 0 Å². The molecule has 0 radical (unpaired) electrons. The molecule has 3 rings (SSSR count). The maximum Gasteiger partial charge on any atom is 0.126 e. The number of halogens is 1. The molecular formula is C14H11FN2S. The third kappa shape index (κ3) is 1.84. The molecule has 0 bridgehead atoms. The topological polar surface area (TPSA) is 38.9 Å². The lowest BCUT2D eigenvalue weighted by Crippen LogP contribution is -1.84. The summed E-state index contributed by atoms with van der Waals surface area (Å²) in [7, 11) is 0. The first-order valence-corrected chi connectivity index (χ1v) is 6.38. The number of hydrogen-bond donors (Lipinski definition) is 1. The molecule has 0 aliphatic heterocycles. The molecule has 0 aliphatic carbocycles. The molecule has 0 amide bonds. The molecule has 90 valence electrons. The molecule has 2 aromatic carbocycles. The van der Waals surface area contributed by atoms with E-state index in [1.807, 2.05) is 24.3 Å². The van der Waals surface area contributed by atoms with Gasteiger partial charge in [0.25, 0.3) is 0 Å². The first-order chi connectivity index (χ1) is 8.63. The van der Waals surface area contributed by atoms with Crippen molar-refractivity contribution >= 4 is 27.2 Å². The molecule has 4 heteroatoms. The van der Waals surface area contributed by atoms with Gasteiger partial charge in [0.1, 0.15) is 10.8 Å². The number of anilines is 1. The van der Waals surface area contributed by atoms with Gasteiger partial charge in [0.2, 0.25) is 0 Å². The van der Waals surface area contributed by atoms with Gasteiger partial charge < -0.3 is 5.73 Å². The average molecular weight is 258 g/mol. The summed E-state index contributed by atoms with van der Waals surface area (Å²) in [6.07, 6.45) is 0. The number of nitrogens with zero attached hydrogens (tertiary/aromatic N) is 1. The van der Waals surface area contributed by atoms with Crippen molar-refractivity contribution in [2.75, 3.05) is 5.73 Å². The van der Waals surface area contributed by atoms with Crippen LogP contribution < -0.4 is 5.73 Å². The molecule has 1 heterocycles. The largest absolute Gasteiger partial charge is 0.399 e. The number of fused-ring (bicyclic) bond motifs is 1. The summed E-state index contributed by atoms with van der Waals surface area (Å²) in [5.74, 6) is -0.203. The van der Waals surface area contributed by atoms with E-state index in [1.54, 1.807) is 24.3 Å². The van der Waals surface area contributed by atoms with E-state index in [0.717, 1.165) is 20.8 Å². The predicted octanol–water partition coefficient (Wildman–Crippen LogP) is 3.99. The SMILES string of the molecule is Cc1ccc(-c2nc3cc(N)ccc3s2)cc1F. The highest BCUT2D eigenvalue weighted by Gasteiger charge is 2.08. The zero-order chi connectivity index (χ0) is 12.7. The van der Waals surface area contributed by atoms with Crippen molar-refractivity contribution in [2.24, 2.45) is 0 Å². The zero-order valence-electron chi connectivity index (χ0n) is 9.77. The standard InChI is InChI=1S/C14H11FN2S/c1-8-2-3-9(6-11(8)15)14-17-12-7-10(16)4-5-13(12)18-14/h2-7H,16H2,1H3. The van der Waals surface area contributed by atoms with E-state index in [0.29, 0.717) is 11.3 Å². The Hall–Kier alpha value is -1.94. The first-order valence-electron chi connectivity index (χ1n) is 5.56. The van der Waals surface area contributed by atoms with E-state index in [-0.39, 0.29) is 5.82 Å². The van der Waals surface area contributed by atoms with Crippen LogP contribution in [0.4, 0.5) is 10.1 Å². The molecule has 3 aromatic rings. The summed E-state index contributed by atoms with van der Waals surface area (Å²) in [4.78, 5) is 4.49. The van der Waals surface area contributed by atoms with Crippen molar-refractivity contribution in [3.63, 3.8) is 0 Å². The molecule has 0 aliphatic rings. The van der Waals surface area contributed by atoms with E-state index in [2.05, 4.69) is 4.98 Å². The predicted molar refractivity (Wildman–Crippen MR) is 74.2 cm³/mol. The second kappa shape index (κ2) is 4.07. The smallest absolute Gasteiger partial charge is 0.126 e. The van der Waals surface area contributed by atoms with Crippen LogP contribution in [-0.2, 0) is 0 Å². The number of aromatic nitrogens is 1. The van der Waals surface area contributed by atoms with Crippen molar-refractivity contribution in [2.45, 2.75) is 6.92 Å². The van der Waals surface area contributed by atoms with Crippen LogP contribution >= 0.6 is 11.3 Å². The van der Waals surface area contributed by atoms with Gasteiger partial charge in [-0.05, 0) is 36.8 Å². The molecule has 18 heavy (non-hydrogen) atoms. The monoisotopic (exact) mass is 258 g/mol. The third-order valence-corrected chi connectivity index (χ3v) is 3.92. The van der Waals surface area contributed by atoms with Crippen molar-refractivity contribution in [3.8, 4) is 10.6 Å². The highest BCUT2D eigenvalue weighted by atomic mass is 32.1. The van der Waals surface area contributed by atoms with Crippen molar-refractivity contribution < 1.29 is 4.39 Å². The van der Waals surface area contributed by atoms with Gasteiger partial charge in [-0.2, -0.15) is 0 Å². The molecule has 0 saturated carbocycles. The minimum absolute atomic E-state index is 0.203. The van der Waals surface area contributed by atoms with Crippen LogP contribution in [0, 0.1) is 12.7 Å². The van der Waals surface area contributed by atoms with Crippen molar-refractivity contribution in [1.82, 2.24) is 4.98 Å². The van der Waals surface area contributed by atoms with E-state index >= 15 is 0 Å². The van der Waals surface area contributed by atoms with Crippen LogP contribution in [0.2, 0.25) is 0 Å². The molecule has 2 nitrogen and oxygen atoms in total. The zero-order valence-corrected chi connectivity index (χ0v) is 10.6. The number of aryl methyl sites for hydroxylation is 1. The quantitative estimate of drug-likeness (QED) is 0.670. The minimum Gasteiger partial charge on any atom is -0.399 e. The molecular weight excluding hydrogens is 247 g/mol. The second-order valence-corrected chi connectivity index (χ2v) is 5.24. The van der Waals surface area contributed by atoms with Gasteiger partial charge in [0, 0.05) is 11.3 Å². The fraction of sp³-hybridized carbons (Fsp3) is 0.0714. The van der Waals surface area contributed by atoms with E-state index in [9.17, 15) is 4.39 Å². The number of hydrogen-bond acceptors (Lipinski definition) is 3. The Balaban J connectivity index is 2.16. The second-order valence-electron chi connectivity index (χ2n) is 4.21. The summed E-state index contributed by atoms with van der Waals surface area (Å²) in [5.41, 5.74) is 8.71. The lowest BCUT2D eigenvalue weighted by Gasteiger charge is -1.98. The van der Waals surface area contributed by atoms with Gasteiger partial charge in [-0.1, -0.05) is 12.1 Å². The van der Waals surface area contributed by atoms with Crippen LogP contribution in [-0.4, -0.2) is 4.98 Å². The lowest BCUT2D eigenvalue weighted by atomic mass is 10.1. The maximum absolute atomic E-state index is 13.5. The molecule has 0 saturated heterocycles. The average Bonchev–Trinajstić information content (AvgIpc) is 2.75. The number of nitrogen functional groups attached to an aromatic ring is 1. The third-order valence-electron chi connectivity index (χ3n) is 2.83. The number of thiazole rings is 1. The lowest BCUT2D eigenvalue weighted by molar-refractivity contribution is 0.619. The van der Waals surface area contributed by atoms with Crippen LogP contribution in [0.25, 0.3) is 20.8 Å². The fourth-order valence-corrected chi connectivity index (χ4v) is 2.74. The molecule has 0 spiro atoms. The Morgan fingerprint density at radius 1 is 1.17 bits per heavy atom. The number of nitrogens with two attached hydrogens (primary N) is 1. The van der Waals surface area contributed by atoms with E-state index in [4.69, 9.17) is 5.73 Å². The van der Waals surface area contributed by atoms with Crippen LogP contribution in [0.3, 0.4) is 0 Å². The van der Waals surface area contributed by atoms with Gasteiger partial charge in [-0.25, -0.2) is 9.37 Å². The van der Waals surface area contributed by atoms with Gasteiger partial charge >= 0.3 is 0 Å². The Labute approximate surface area is 108 Å². The van der Waals surface area contributed by atoms with Crippen LogP contribution in [0.1, 0.15) is 5.56 Å². The summed E-state index contributed by atoms with van der Waals surface area (Å²) < 4.78 is 14.6.